The van der Waals surface area contributed by atoms with Crippen LogP contribution in [0.2, 0.25) is 0 Å². The molecule has 0 radical (unpaired) electrons. The Morgan fingerprint density at radius 3 is 2.64 bits per heavy atom. The fourth-order valence-electron chi connectivity index (χ4n) is 4.06. The molecule has 4 heteroatoms. The second-order valence-electron chi connectivity index (χ2n) is 6.50. The number of carbonyl (C=O) groups is 1. The smallest absolute Gasteiger partial charge is 0.253 e. The number of carbonyl (C=O) groups excluding carboxylic acids is 1. The molecule has 1 spiro atoms. The number of nitrogens with zero attached hydrogens (tertiary/aromatic N) is 2. The van der Waals surface area contributed by atoms with Crippen LogP contribution in [0, 0.1) is 0 Å². The van der Waals surface area contributed by atoms with E-state index >= 15 is 0 Å². The molecule has 0 saturated carbocycles. The minimum Gasteiger partial charge on any atom is -0.383 e. The molecular weight excluding hydrogens is 276 g/mol. The van der Waals surface area contributed by atoms with Crippen molar-refractivity contribution in [1.82, 2.24) is 9.80 Å². The van der Waals surface area contributed by atoms with Crippen LogP contribution in [0.3, 0.4) is 0 Å². The van der Waals surface area contributed by atoms with E-state index in [9.17, 15) is 4.79 Å². The SMILES string of the molecule is COCCN1CCCC12CCCN(C(=O)c1ccccc1)C2. The van der Waals surface area contributed by atoms with Crippen molar-refractivity contribution in [2.75, 3.05) is 39.9 Å². The van der Waals surface area contributed by atoms with Gasteiger partial charge in [0.2, 0.25) is 0 Å². The lowest BCUT2D eigenvalue weighted by atomic mass is 9.86. The third-order valence-corrected chi connectivity index (χ3v) is 5.17. The van der Waals surface area contributed by atoms with E-state index in [1.54, 1.807) is 7.11 Å². The Kier molecular flexibility index (Phi) is 4.79. The first-order chi connectivity index (χ1) is 10.7. The quantitative estimate of drug-likeness (QED) is 0.856. The first kappa shape index (κ1) is 15.5. The van der Waals surface area contributed by atoms with E-state index in [0.717, 1.165) is 44.8 Å². The van der Waals surface area contributed by atoms with Crippen molar-refractivity contribution in [3.63, 3.8) is 0 Å². The molecule has 2 saturated heterocycles. The van der Waals surface area contributed by atoms with Gasteiger partial charge in [-0.15, -0.1) is 0 Å². The van der Waals surface area contributed by atoms with Crippen LogP contribution in [0.25, 0.3) is 0 Å². The van der Waals surface area contributed by atoms with Crippen molar-refractivity contribution in [3.8, 4) is 0 Å². The van der Waals surface area contributed by atoms with E-state index in [2.05, 4.69) is 9.80 Å². The van der Waals surface area contributed by atoms with Crippen LogP contribution < -0.4 is 0 Å². The van der Waals surface area contributed by atoms with E-state index in [-0.39, 0.29) is 11.4 Å². The topological polar surface area (TPSA) is 32.8 Å². The maximum Gasteiger partial charge on any atom is 0.253 e. The zero-order chi connectivity index (χ0) is 15.4. The molecule has 3 rings (SSSR count). The van der Waals surface area contributed by atoms with Crippen LogP contribution in [0.15, 0.2) is 30.3 Å². The van der Waals surface area contributed by atoms with E-state index in [1.165, 1.54) is 19.3 Å². The molecule has 120 valence electrons. The van der Waals surface area contributed by atoms with Gasteiger partial charge in [-0.25, -0.2) is 0 Å². The number of hydrogen-bond acceptors (Lipinski definition) is 3. The lowest BCUT2D eigenvalue weighted by Gasteiger charge is -2.46. The summed E-state index contributed by atoms with van der Waals surface area (Å²) < 4.78 is 5.26. The summed E-state index contributed by atoms with van der Waals surface area (Å²) in [6.07, 6.45) is 4.74. The number of rotatable bonds is 4. The molecular formula is C18H26N2O2. The third kappa shape index (κ3) is 3.03. The first-order valence-corrected chi connectivity index (χ1v) is 8.33. The summed E-state index contributed by atoms with van der Waals surface area (Å²) in [5, 5.41) is 0. The van der Waals surface area contributed by atoms with Gasteiger partial charge in [0, 0.05) is 37.8 Å². The summed E-state index contributed by atoms with van der Waals surface area (Å²) in [5.74, 6) is 0.179. The Labute approximate surface area is 133 Å². The van der Waals surface area contributed by atoms with Gasteiger partial charge in [0.25, 0.3) is 5.91 Å². The van der Waals surface area contributed by atoms with Crippen LogP contribution >= 0.6 is 0 Å². The van der Waals surface area contributed by atoms with Crippen molar-refractivity contribution in [2.45, 2.75) is 31.2 Å². The predicted molar refractivity (Wildman–Crippen MR) is 87.0 cm³/mol. The Hall–Kier alpha value is -1.39. The zero-order valence-corrected chi connectivity index (χ0v) is 13.5. The van der Waals surface area contributed by atoms with Gasteiger partial charge in [-0.3, -0.25) is 9.69 Å². The van der Waals surface area contributed by atoms with Crippen LogP contribution in [0.1, 0.15) is 36.0 Å². The lowest BCUT2D eigenvalue weighted by Crippen LogP contribution is -2.57. The Morgan fingerprint density at radius 2 is 1.91 bits per heavy atom. The standard InChI is InChI=1S/C18H26N2O2/c1-22-14-13-20-12-6-10-18(20)9-5-11-19(15-18)17(21)16-7-3-2-4-8-16/h2-4,7-8H,5-6,9-15H2,1H3. The number of piperidine rings is 1. The highest BCUT2D eigenvalue weighted by Crippen LogP contribution is 2.37. The van der Waals surface area contributed by atoms with Gasteiger partial charge in [0.05, 0.1) is 6.61 Å². The molecule has 1 atom stereocenters. The molecule has 2 fully saturated rings. The second kappa shape index (κ2) is 6.80. The molecule has 2 heterocycles. The molecule has 2 aliphatic heterocycles. The summed E-state index contributed by atoms with van der Waals surface area (Å²) in [7, 11) is 1.76. The summed E-state index contributed by atoms with van der Waals surface area (Å²) in [5.41, 5.74) is 0.988. The Morgan fingerprint density at radius 1 is 1.18 bits per heavy atom. The molecule has 2 aliphatic rings. The number of amides is 1. The second-order valence-corrected chi connectivity index (χ2v) is 6.50. The highest BCUT2D eigenvalue weighted by atomic mass is 16.5. The normalized spacial score (nSPS) is 25.8. The van der Waals surface area contributed by atoms with E-state index in [1.807, 2.05) is 30.3 Å². The highest BCUT2D eigenvalue weighted by Gasteiger charge is 2.44. The molecule has 1 aromatic rings. The summed E-state index contributed by atoms with van der Waals surface area (Å²) in [4.78, 5) is 17.4. The molecule has 4 nitrogen and oxygen atoms in total. The van der Waals surface area contributed by atoms with E-state index < -0.39 is 0 Å². The number of ether oxygens (including phenoxy) is 1. The van der Waals surface area contributed by atoms with Crippen LogP contribution in [0.5, 0.6) is 0 Å². The van der Waals surface area contributed by atoms with Crippen molar-refractivity contribution in [3.05, 3.63) is 35.9 Å². The maximum atomic E-state index is 12.7. The number of likely N-dealkylation sites (tertiary alicyclic amines) is 2. The van der Waals surface area contributed by atoms with Gasteiger partial charge < -0.3 is 9.64 Å². The van der Waals surface area contributed by atoms with Gasteiger partial charge >= 0.3 is 0 Å². The number of methoxy groups -OCH3 is 1. The van der Waals surface area contributed by atoms with Crippen LogP contribution in [-0.4, -0.2) is 61.1 Å². The molecule has 0 N–H and O–H groups in total. The first-order valence-electron chi connectivity index (χ1n) is 8.33. The minimum atomic E-state index is 0.179. The van der Waals surface area contributed by atoms with Crippen LogP contribution in [0.4, 0.5) is 0 Å². The van der Waals surface area contributed by atoms with Crippen molar-refractivity contribution in [2.24, 2.45) is 0 Å². The van der Waals surface area contributed by atoms with Gasteiger partial charge in [-0.05, 0) is 44.4 Å². The molecule has 0 aliphatic carbocycles. The van der Waals surface area contributed by atoms with Gasteiger partial charge in [0.15, 0.2) is 0 Å². The number of benzene rings is 1. The van der Waals surface area contributed by atoms with Crippen LogP contribution in [-0.2, 0) is 4.74 Å². The average molecular weight is 302 g/mol. The molecule has 1 amide bonds. The lowest BCUT2D eigenvalue weighted by molar-refractivity contribution is 0.0230. The predicted octanol–water partition coefficient (Wildman–Crippen LogP) is 2.40. The minimum absolute atomic E-state index is 0.179. The molecule has 22 heavy (non-hydrogen) atoms. The van der Waals surface area contributed by atoms with Crippen molar-refractivity contribution >= 4 is 5.91 Å². The highest BCUT2D eigenvalue weighted by molar-refractivity contribution is 5.94. The fraction of sp³-hybridized carbons (Fsp3) is 0.611. The maximum absolute atomic E-state index is 12.7. The van der Waals surface area contributed by atoms with Crippen molar-refractivity contribution in [1.29, 1.82) is 0 Å². The van der Waals surface area contributed by atoms with Gasteiger partial charge in [-0.2, -0.15) is 0 Å². The zero-order valence-electron chi connectivity index (χ0n) is 13.5. The number of hydrogen-bond donors (Lipinski definition) is 0. The largest absolute Gasteiger partial charge is 0.383 e. The average Bonchev–Trinajstić information content (AvgIpc) is 2.94. The molecule has 0 bridgehead atoms. The summed E-state index contributed by atoms with van der Waals surface area (Å²) in [6.45, 7) is 4.63. The molecule has 0 aromatic heterocycles. The monoisotopic (exact) mass is 302 g/mol. The Balaban J connectivity index is 1.72. The molecule has 1 aromatic carbocycles. The van der Waals surface area contributed by atoms with Crippen molar-refractivity contribution < 1.29 is 9.53 Å². The fourth-order valence-corrected chi connectivity index (χ4v) is 4.06. The summed E-state index contributed by atoms with van der Waals surface area (Å²) >= 11 is 0. The van der Waals surface area contributed by atoms with E-state index in [4.69, 9.17) is 4.74 Å². The van der Waals surface area contributed by atoms with Gasteiger partial charge in [-0.1, -0.05) is 18.2 Å². The Bertz CT molecular complexity index is 505. The molecule has 1 unspecified atom stereocenters. The third-order valence-electron chi connectivity index (χ3n) is 5.17. The van der Waals surface area contributed by atoms with E-state index in [0.29, 0.717) is 0 Å². The summed E-state index contributed by atoms with van der Waals surface area (Å²) in [6, 6.07) is 9.67. The van der Waals surface area contributed by atoms with Gasteiger partial charge in [0.1, 0.15) is 0 Å².